The Morgan fingerprint density at radius 3 is 1.57 bits per heavy atom. The molecule has 0 N–H and O–H groups in total. The number of rotatable bonds is 6. The van der Waals surface area contributed by atoms with E-state index in [9.17, 15) is 0 Å². The molecule has 1 aliphatic carbocycles. The highest BCUT2D eigenvalue weighted by atomic mass is 32.1. The summed E-state index contributed by atoms with van der Waals surface area (Å²) in [6.45, 7) is 0. The van der Waals surface area contributed by atoms with E-state index in [-0.39, 0.29) is 0 Å². The summed E-state index contributed by atoms with van der Waals surface area (Å²) in [5.74, 6) is 1.89. The fourth-order valence-corrected chi connectivity index (χ4v) is 12.4. The Bertz CT molecular complexity index is 3910. The third-order valence-electron chi connectivity index (χ3n) is 14.1. The lowest BCUT2D eigenvalue weighted by molar-refractivity contribution is 0.753. The van der Waals surface area contributed by atoms with E-state index < -0.39 is 5.41 Å². The summed E-state index contributed by atoms with van der Waals surface area (Å²) in [5, 5.41) is 2.57. The third kappa shape index (κ3) is 6.04. The van der Waals surface area contributed by atoms with Crippen LogP contribution in [-0.4, -0.2) is 15.0 Å². The van der Waals surface area contributed by atoms with Gasteiger partial charge in [-0.15, -0.1) is 11.3 Å². The first-order chi connectivity index (χ1) is 34.2. The van der Waals surface area contributed by atoms with E-state index in [1.807, 2.05) is 35.6 Å². The van der Waals surface area contributed by atoms with Crippen molar-refractivity contribution in [3.8, 4) is 67.5 Å². The molecule has 0 saturated carbocycles. The van der Waals surface area contributed by atoms with E-state index in [0.717, 1.165) is 44.9 Å². The van der Waals surface area contributed by atoms with Crippen LogP contribution in [0.4, 0.5) is 17.1 Å². The van der Waals surface area contributed by atoms with Crippen molar-refractivity contribution in [2.75, 3.05) is 4.90 Å². The smallest absolute Gasteiger partial charge is 0.164 e. The van der Waals surface area contributed by atoms with Gasteiger partial charge in [0.25, 0.3) is 0 Å². The van der Waals surface area contributed by atoms with E-state index in [0.29, 0.717) is 17.5 Å². The maximum Gasteiger partial charge on any atom is 0.164 e. The van der Waals surface area contributed by atoms with Gasteiger partial charge in [-0.2, -0.15) is 0 Å². The zero-order valence-electron chi connectivity index (χ0n) is 37.3. The molecule has 1 aliphatic heterocycles. The first kappa shape index (κ1) is 39.4. The van der Waals surface area contributed by atoms with Crippen molar-refractivity contribution in [2.24, 2.45) is 0 Å². The van der Waals surface area contributed by atoms with E-state index in [1.54, 1.807) is 0 Å². The Morgan fingerprint density at radius 2 is 0.841 bits per heavy atom. The quantitative estimate of drug-likeness (QED) is 0.167. The average molecular weight is 897 g/mol. The van der Waals surface area contributed by atoms with Crippen molar-refractivity contribution in [3.05, 3.63) is 265 Å². The summed E-state index contributed by atoms with van der Waals surface area (Å²) < 4.78 is 2.58. The molecule has 1 spiro atoms. The minimum absolute atomic E-state index is 0.626. The molecule has 4 nitrogen and oxygen atoms in total. The number of hydrogen-bond donors (Lipinski definition) is 0. The van der Waals surface area contributed by atoms with Crippen LogP contribution in [0, 0.1) is 0 Å². The topological polar surface area (TPSA) is 41.9 Å². The van der Waals surface area contributed by atoms with Crippen LogP contribution in [0.1, 0.15) is 22.3 Å². The minimum atomic E-state index is -0.674. The third-order valence-corrected chi connectivity index (χ3v) is 15.4. The molecule has 69 heavy (non-hydrogen) atoms. The molecular weight excluding hydrogens is 857 g/mol. The highest BCUT2D eigenvalue weighted by Crippen LogP contribution is 2.65. The maximum absolute atomic E-state index is 5.44. The van der Waals surface area contributed by atoms with Crippen LogP contribution in [0.15, 0.2) is 243 Å². The van der Waals surface area contributed by atoms with Crippen molar-refractivity contribution >= 4 is 48.6 Å². The Hall–Kier alpha value is -8.77. The molecule has 0 radical (unpaired) electrons. The maximum atomic E-state index is 5.44. The molecule has 0 bridgehead atoms. The minimum Gasteiger partial charge on any atom is -0.310 e. The standard InChI is InChI=1S/C64H40N4S/c1-4-18-41(19-5-1)42-34-36-44(37-35-42)62-65-61(43-20-6-2-7-21-43)66-63(67-62)50-27-17-30-55-59(50)51-40-45(47-25-16-26-49-48-24-10-15-33-58(48)69-60(47)49)38-39-52(51)64(55)53-28-11-13-31-56(53)68(46-22-8-3-9-23-46)57-32-14-12-29-54(57)64/h1-40H. The average Bonchev–Trinajstić information content (AvgIpc) is 3.96. The number of para-hydroxylation sites is 3. The van der Waals surface area contributed by atoms with Crippen molar-refractivity contribution in [1.82, 2.24) is 15.0 Å². The Kier molecular flexibility index (Phi) is 8.95. The van der Waals surface area contributed by atoms with Crippen LogP contribution in [0.5, 0.6) is 0 Å². The van der Waals surface area contributed by atoms with E-state index in [1.165, 1.54) is 64.7 Å². The highest BCUT2D eigenvalue weighted by Gasteiger charge is 2.52. The molecule has 0 atom stereocenters. The van der Waals surface area contributed by atoms with Crippen LogP contribution >= 0.6 is 11.3 Å². The highest BCUT2D eigenvalue weighted by molar-refractivity contribution is 7.26. The van der Waals surface area contributed by atoms with Gasteiger partial charge in [0, 0.05) is 42.6 Å². The fourth-order valence-electron chi connectivity index (χ4n) is 11.2. The molecule has 2 aliphatic rings. The SMILES string of the molecule is c1ccc(-c2ccc(-c3nc(-c4ccccc4)nc(-c4cccc5c4-c4cc(-c6cccc7c6sc6ccccc67)ccc4C54c5ccccc5N(c5ccccc5)c5ccccc54)n3)cc2)cc1. The van der Waals surface area contributed by atoms with Crippen LogP contribution in [-0.2, 0) is 5.41 Å². The normalized spacial score (nSPS) is 13.0. The first-order valence-electron chi connectivity index (χ1n) is 23.4. The zero-order valence-corrected chi connectivity index (χ0v) is 38.1. The molecule has 12 aromatic rings. The zero-order chi connectivity index (χ0) is 45.5. The van der Waals surface area contributed by atoms with Gasteiger partial charge in [-0.3, -0.25) is 0 Å². The lowest BCUT2D eigenvalue weighted by Crippen LogP contribution is -2.36. The van der Waals surface area contributed by atoms with Gasteiger partial charge in [0.05, 0.1) is 16.8 Å². The molecule has 10 aromatic carbocycles. The van der Waals surface area contributed by atoms with Gasteiger partial charge in [-0.1, -0.05) is 206 Å². The summed E-state index contributed by atoms with van der Waals surface area (Å²) in [7, 11) is 0. The van der Waals surface area contributed by atoms with Gasteiger partial charge in [-0.05, 0) is 92.0 Å². The second kappa shape index (κ2) is 15.7. The summed E-state index contributed by atoms with van der Waals surface area (Å²) in [6.07, 6.45) is 0. The molecule has 0 unspecified atom stereocenters. The molecule has 0 amide bonds. The Labute approximate surface area is 404 Å². The molecule has 3 heterocycles. The van der Waals surface area contributed by atoms with E-state index in [4.69, 9.17) is 15.0 Å². The van der Waals surface area contributed by atoms with Crippen LogP contribution in [0.3, 0.4) is 0 Å². The van der Waals surface area contributed by atoms with Crippen LogP contribution in [0.2, 0.25) is 0 Å². The van der Waals surface area contributed by atoms with Crippen molar-refractivity contribution in [1.29, 1.82) is 0 Å². The predicted octanol–water partition coefficient (Wildman–Crippen LogP) is 16.7. The van der Waals surface area contributed by atoms with Crippen LogP contribution in [0.25, 0.3) is 87.7 Å². The first-order valence-corrected chi connectivity index (χ1v) is 24.2. The van der Waals surface area contributed by atoms with Crippen molar-refractivity contribution in [3.63, 3.8) is 0 Å². The number of benzene rings is 10. The number of fused-ring (bicyclic) bond motifs is 12. The van der Waals surface area contributed by atoms with Gasteiger partial charge >= 0.3 is 0 Å². The van der Waals surface area contributed by atoms with E-state index >= 15 is 0 Å². The van der Waals surface area contributed by atoms with Gasteiger partial charge in [0.1, 0.15) is 0 Å². The summed E-state index contributed by atoms with van der Waals surface area (Å²) in [5.41, 5.74) is 17.5. The number of aromatic nitrogens is 3. The molecule has 14 rings (SSSR count). The van der Waals surface area contributed by atoms with Crippen molar-refractivity contribution < 1.29 is 0 Å². The number of anilines is 3. The molecular formula is C64H40N4S. The lowest BCUT2D eigenvalue weighted by atomic mass is 9.64. The van der Waals surface area contributed by atoms with Crippen LogP contribution < -0.4 is 4.90 Å². The van der Waals surface area contributed by atoms with E-state index in [2.05, 4.69) is 223 Å². The van der Waals surface area contributed by atoms with Gasteiger partial charge < -0.3 is 4.90 Å². The predicted molar refractivity (Wildman–Crippen MR) is 285 cm³/mol. The summed E-state index contributed by atoms with van der Waals surface area (Å²) in [4.78, 5) is 18.5. The Morgan fingerprint density at radius 1 is 0.333 bits per heavy atom. The molecule has 0 saturated heterocycles. The Balaban J connectivity index is 1.05. The second-order valence-electron chi connectivity index (χ2n) is 17.8. The summed E-state index contributed by atoms with van der Waals surface area (Å²) >= 11 is 1.87. The second-order valence-corrected chi connectivity index (χ2v) is 18.9. The number of thiophene rings is 1. The molecule has 2 aromatic heterocycles. The fraction of sp³-hybridized carbons (Fsp3) is 0.0156. The van der Waals surface area contributed by atoms with Gasteiger partial charge in [-0.25, -0.2) is 15.0 Å². The number of nitrogens with zero attached hydrogens (tertiary/aromatic N) is 4. The number of hydrogen-bond acceptors (Lipinski definition) is 5. The molecule has 0 fully saturated rings. The monoisotopic (exact) mass is 896 g/mol. The van der Waals surface area contributed by atoms with Gasteiger partial charge in [0.2, 0.25) is 0 Å². The van der Waals surface area contributed by atoms with Crippen molar-refractivity contribution in [2.45, 2.75) is 5.41 Å². The largest absolute Gasteiger partial charge is 0.310 e. The van der Waals surface area contributed by atoms with Gasteiger partial charge in [0.15, 0.2) is 17.5 Å². The molecule has 5 heteroatoms. The lowest BCUT2D eigenvalue weighted by Gasteiger charge is -2.45. The molecule has 322 valence electrons. The summed E-state index contributed by atoms with van der Waals surface area (Å²) in [6, 6.07) is 87.6.